The fourth-order valence-corrected chi connectivity index (χ4v) is 7.43. The molecule has 0 saturated heterocycles. The maximum absolute atomic E-state index is 13.8. The molecule has 0 radical (unpaired) electrons. The van der Waals surface area contributed by atoms with Gasteiger partial charge in [-0.2, -0.15) is 0 Å². The van der Waals surface area contributed by atoms with Gasteiger partial charge < -0.3 is 19.9 Å². The summed E-state index contributed by atoms with van der Waals surface area (Å²) < 4.78 is 26.6. The standard InChI is InChI=1S/C40H41N3O5S/c1-40(2,3)49(46)43-26-31-24-35(39(45)41-25-27-16-18-33(19-17-27)48-32-13-6-5-7-14-32)42-38(37(31)36(43)20-21-44)30-12-8-10-28(22-30)29-11-9-15-34(23-29)47-4/h5-19,22-24,36,44H,20-21,25-26H2,1-4H3,(H,41,45)/t36-,49-/m1/s1. The molecule has 0 spiro atoms. The van der Waals surface area contributed by atoms with Gasteiger partial charge in [-0.1, -0.05) is 60.7 Å². The van der Waals surface area contributed by atoms with Gasteiger partial charge in [-0.25, -0.2) is 13.5 Å². The molecule has 2 atom stereocenters. The Morgan fingerprint density at radius 3 is 2.22 bits per heavy atom. The van der Waals surface area contributed by atoms with Crippen LogP contribution in [0.5, 0.6) is 17.2 Å². The van der Waals surface area contributed by atoms with Crippen LogP contribution in [0.1, 0.15) is 60.4 Å². The fourth-order valence-electron chi connectivity index (χ4n) is 6.03. The summed E-state index contributed by atoms with van der Waals surface area (Å²) in [6, 6.07) is 34.5. The molecule has 1 aliphatic heterocycles. The largest absolute Gasteiger partial charge is 0.497 e. The Morgan fingerprint density at radius 1 is 0.878 bits per heavy atom. The summed E-state index contributed by atoms with van der Waals surface area (Å²) in [6.45, 7) is 6.42. The van der Waals surface area contributed by atoms with E-state index < -0.39 is 15.7 Å². The highest BCUT2D eigenvalue weighted by Crippen LogP contribution is 2.44. The highest BCUT2D eigenvalue weighted by molar-refractivity contribution is 7.84. The van der Waals surface area contributed by atoms with Crippen molar-refractivity contribution in [2.75, 3.05) is 13.7 Å². The topological polar surface area (TPSA) is 101 Å². The van der Waals surface area contributed by atoms with Crippen molar-refractivity contribution in [3.63, 3.8) is 0 Å². The van der Waals surface area contributed by atoms with E-state index in [-0.39, 0.29) is 24.2 Å². The number of hydrogen-bond donors (Lipinski definition) is 2. The molecule has 4 aromatic carbocycles. The Kier molecular flexibility index (Phi) is 10.2. The number of benzene rings is 4. The van der Waals surface area contributed by atoms with Gasteiger partial charge in [0, 0.05) is 30.8 Å². The van der Waals surface area contributed by atoms with Gasteiger partial charge in [0.15, 0.2) is 0 Å². The summed E-state index contributed by atoms with van der Waals surface area (Å²) in [4.78, 5) is 18.7. The average Bonchev–Trinajstić information content (AvgIpc) is 3.48. The molecule has 0 unspecified atom stereocenters. The van der Waals surface area contributed by atoms with Gasteiger partial charge in [-0.05, 0) is 98.0 Å². The van der Waals surface area contributed by atoms with Crippen LogP contribution in [0.3, 0.4) is 0 Å². The molecule has 49 heavy (non-hydrogen) atoms. The van der Waals surface area contributed by atoms with Gasteiger partial charge in [-0.3, -0.25) is 4.79 Å². The minimum Gasteiger partial charge on any atom is -0.497 e. The molecular formula is C40H41N3O5S. The maximum atomic E-state index is 13.8. The van der Waals surface area contributed by atoms with Crippen molar-refractivity contribution < 1.29 is 23.6 Å². The normalized spacial score (nSPS) is 15.0. The molecule has 1 aromatic heterocycles. The minimum absolute atomic E-state index is 0.0807. The lowest BCUT2D eigenvalue weighted by Crippen LogP contribution is -2.36. The number of aliphatic hydroxyl groups is 1. The Morgan fingerprint density at radius 2 is 1.53 bits per heavy atom. The molecule has 1 aliphatic rings. The third kappa shape index (κ3) is 7.75. The van der Waals surface area contributed by atoms with E-state index in [1.54, 1.807) is 13.2 Å². The van der Waals surface area contributed by atoms with Crippen LogP contribution in [0.4, 0.5) is 0 Å². The van der Waals surface area contributed by atoms with Crippen LogP contribution in [0, 0.1) is 0 Å². The van der Waals surface area contributed by atoms with Crippen molar-refractivity contribution in [1.29, 1.82) is 0 Å². The van der Waals surface area contributed by atoms with E-state index in [4.69, 9.17) is 14.5 Å². The number of rotatable bonds is 11. The number of amides is 1. The van der Waals surface area contributed by atoms with Gasteiger partial charge in [0.2, 0.25) is 0 Å². The van der Waals surface area contributed by atoms with Crippen LogP contribution in [-0.2, 0) is 24.1 Å². The molecule has 8 nitrogen and oxygen atoms in total. The van der Waals surface area contributed by atoms with Crippen molar-refractivity contribution in [3.05, 3.63) is 132 Å². The number of carbonyl (C=O) groups excluding carboxylic acids is 1. The number of aliphatic hydroxyl groups excluding tert-OH is 1. The predicted octanol–water partition coefficient (Wildman–Crippen LogP) is 7.85. The van der Waals surface area contributed by atoms with E-state index in [1.165, 1.54) is 0 Å². The molecular weight excluding hydrogens is 635 g/mol. The lowest BCUT2D eigenvalue weighted by molar-refractivity contribution is 0.0946. The number of hydrogen-bond acceptors (Lipinski definition) is 6. The molecule has 252 valence electrons. The molecule has 2 N–H and O–H groups in total. The van der Waals surface area contributed by atoms with Crippen LogP contribution in [-0.4, -0.2) is 43.0 Å². The first-order valence-electron chi connectivity index (χ1n) is 16.3. The predicted molar refractivity (Wildman–Crippen MR) is 194 cm³/mol. The molecule has 1 amide bonds. The first-order chi connectivity index (χ1) is 23.6. The highest BCUT2D eigenvalue weighted by Gasteiger charge is 2.40. The average molecular weight is 676 g/mol. The molecule has 0 aliphatic carbocycles. The molecule has 6 rings (SSSR count). The zero-order valence-corrected chi connectivity index (χ0v) is 29.0. The Bertz CT molecular complexity index is 1960. The first-order valence-corrected chi connectivity index (χ1v) is 17.4. The number of para-hydroxylation sites is 1. The fraction of sp³-hybridized carbons (Fsp3) is 0.250. The molecule has 0 bridgehead atoms. The number of ether oxygens (including phenoxy) is 2. The molecule has 0 fully saturated rings. The number of aromatic nitrogens is 1. The van der Waals surface area contributed by atoms with Crippen LogP contribution in [0.15, 0.2) is 109 Å². The van der Waals surface area contributed by atoms with Crippen LogP contribution in [0.25, 0.3) is 22.4 Å². The van der Waals surface area contributed by atoms with E-state index in [2.05, 4.69) is 11.4 Å². The SMILES string of the molecule is COc1cccc(-c2cccc(-c3nc(C(=O)NCc4ccc(Oc5ccccc5)cc4)cc4c3[C@@H](CCO)N([S@](=O)C(C)(C)C)C4)c2)c1. The Hall–Kier alpha value is -4.83. The number of methoxy groups -OCH3 is 1. The second kappa shape index (κ2) is 14.7. The zero-order valence-electron chi connectivity index (χ0n) is 28.2. The quantitative estimate of drug-likeness (QED) is 0.148. The maximum Gasteiger partial charge on any atom is 0.270 e. The van der Waals surface area contributed by atoms with E-state index >= 15 is 0 Å². The number of carbonyl (C=O) groups is 1. The Labute approximate surface area is 290 Å². The van der Waals surface area contributed by atoms with Crippen molar-refractivity contribution in [2.45, 2.75) is 51.1 Å². The summed E-state index contributed by atoms with van der Waals surface area (Å²) in [6.07, 6.45) is 0.384. The minimum atomic E-state index is -1.36. The van der Waals surface area contributed by atoms with Gasteiger partial charge >= 0.3 is 0 Å². The summed E-state index contributed by atoms with van der Waals surface area (Å²) in [5, 5.41) is 13.2. The summed E-state index contributed by atoms with van der Waals surface area (Å²) in [7, 11) is 0.278. The second-order valence-electron chi connectivity index (χ2n) is 12.9. The van der Waals surface area contributed by atoms with Crippen LogP contribution < -0.4 is 14.8 Å². The van der Waals surface area contributed by atoms with Crippen LogP contribution >= 0.6 is 0 Å². The van der Waals surface area contributed by atoms with E-state index in [0.717, 1.165) is 44.9 Å². The second-order valence-corrected chi connectivity index (χ2v) is 15.1. The summed E-state index contributed by atoms with van der Waals surface area (Å²) in [5.41, 5.74) is 6.36. The summed E-state index contributed by atoms with van der Waals surface area (Å²) in [5.74, 6) is 1.90. The highest BCUT2D eigenvalue weighted by atomic mass is 32.2. The van der Waals surface area contributed by atoms with E-state index in [9.17, 15) is 14.1 Å². The van der Waals surface area contributed by atoms with Crippen molar-refractivity contribution in [2.24, 2.45) is 0 Å². The number of pyridine rings is 1. The first kappa shape index (κ1) is 34.0. The lowest BCUT2D eigenvalue weighted by atomic mass is 9.94. The monoisotopic (exact) mass is 675 g/mol. The third-order valence-corrected chi connectivity index (χ3v) is 10.3. The van der Waals surface area contributed by atoms with Gasteiger partial charge in [0.05, 0.1) is 23.6 Å². The zero-order chi connectivity index (χ0) is 34.5. The number of nitrogens with one attached hydrogen (secondary N) is 1. The van der Waals surface area contributed by atoms with Crippen molar-refractivity contribution in [3.8, 4) is 39.6 Å². The lowest BCUT2D eigenvalue weighted by Gasteiger charge is -2.30. The van der Waals surface area contributed by atoms with Gasteiger partial charge in [0.1, 0.15) is 33.9 Å². The molecule has 5 aromatic rings. The third-order valence-electron chi connectivity index (χ3n) is 8.42. The van der Waals surface area contributed by atoms with E-state index in [1.807, 2.05) is 122 Å². The van der Waals surface area contributed by atoms with Crippen molar-refractivity contribution in [1.82, 2.24) is 14.6 Å². The Balaban J connectivity index is 1.33. The summed E-state index contributed by atoms with van der Waals surface area (Å²) >= 11 is 0. The van der Waals surface area contributed by atoms with Gasteiger partial charge in [0.25, 0.3) is 5.91 Å². The van der Waals surface area contributed by atoms with Crippen molar-refractivity contribution >= 4 is 16.9 Å². The van der Waals surface area contributed by atoms with E-state index in [0.29, 0.717) is 31.0 Å². The number of nitrogens with zero attached hydrogens (tertiary/aromatic N) is 2. The number of fused-ring (bicyclic) bond motifs is 1. The van der Waals surface area contributed by atoms with Gasteiger partial charge in [-0.15, -0.1) is 0 Å². The molecule has 9 heteroatoms. The van der Waals surface area contributed by atoms with Crippen LogP contribution in [0.2, 0.25) is 0 Å². The molecule has 0 saturated carbocycles. The molecule has 2 heterocycles. The smallest absolute Gasteiger partial charge is 0.270 e.